The maximum Gasteiger partial charge on any atom is 0.268 e. The van der Waals surface area contributed by atoms with Crippen LogP contribution in [0.1, 0.15) is 27.2 Å². The number of primary amides is 1. The van der Waals surface area contributed by atoms with E-state index in [4.69, 9.17) is 22.6 Å². The molecule has 0 unspecified atom stereocenters. The average molecular weight is 349 g/mol. The second-order valence-electron chi connectivity index (χ2n) is 5.45. The van der Waals surface area contributed by atoms with Gasteiger partial charge in [-0.15, -0.1) is 0 Å². The van der Waals surface area contributed by atoms with Crippen molar-refractivity contribution in [2.24, 2.45) is 5.73 Å². The molecule has 1 amide bonds. The summed E-state index contributed by atoms with van der Waals surface area (Å²) in [6.07, 6.45) is 3.73. The number of carbonyl (C=O) groups is 1. The highest BCUT2D eigenvalue weighted by atomic mass is 35.5. The van der Waals surface area contributed by atoms with Crippen molar-refractivity contribution in [3.05, 3.63) is 82.3 Å². The van der Waals surface area contributed by atoms with Crippen molar-refractivity contribution in [1.82, 2.24) is 9.97 Å². The summed E-state index contributed by atoms with van der Waals surface area (Å²) in [5, 5.41) is 9.72. The molecule has 25 heavy (non-hydrogen) atoms. The average Bonchev–Trinajstić information content (AvgIpc) is 2.62. The Morgan fingerprint density at radius 3 is 2.60 bits per heavy atom. The Balaban J connectivity index is 1.92. The van der Waals surface area contributed by atoms with Gasteiger partial charge >= 0.3 is 0 Å². The molecule has 2 N–H and O–H groups in total. The highest BCUT2D eigenvalue weighted by Crippen LogP contribution is 2.22. The highest BCUT2D eigenvalue weighted by molar-refractivity contribution is 6.30. The van der Waals surface area contributed by atoms with Crippen LogP contribution in [0.15, 0.2) is 54.9 Å². The molecule has 0 radical (unpaired) electrons. The van der Waals surface area contributed by atoms with Gasteiger partial charge < -0.3 is 5.73 Å². The molecule has 3 rings (SSSR count). The van der Waals surface area contributed by atoms with Crippen LogP contribution in [0.2, 0.25) is 5.02 Å². The number of hydrogen-bond acceptors (Lipinski definition) is 4. The molecule has 0 aliphatic rings. The summed E-state index contributed by atoms with van der Waals surface area (Å²) < 4.78 is 0. The third-order valence-corrected chi connectivity index (χ3v) is 3.88. The molecule has 2 heterocycles. The quantitative estimate of drug-likeness (QED) is 0.782. The topological polar surface area (TPSA) is 92.7 Å². The Labute approximate surface area is 149 Å². The molecule has 0 atom stereocenters. The van der Waals surface area contributed by atoms with Gasteiger partial charge in [-0.2, -0.15) is 5.26 Å². The molecule has 0 spiro atoms. The molecule has 122 valence electrons. The van der Waals surface area contributed by atoms with Crippen LogP contribution in [0.5, 0.6) is 0 Å². The van der Waals surface area contributed by atoms with Crippen molar-refractivity contribution in [2.75, 3.05) is 0 Å². The molecule has 0 saturated carbocycles. The number of hydrogen-bond donors (Lipinski definition) is 1. The van der Waals surface area contributed by atoms with Gasteiger partial charge in [-0.1, -0.05) is 29.8 Å². The molecular formula is C19H13ClN4O. The zero-order valence-electron chi connectivity index (χ0n) is 13.1. The minimum Gasteiger partial charge on any atom is -0.364 e. The number of rotatable bonds is 4. The van der Waals surface area contributed by atoms with Gasteiger partial charge in [-0.25, -0.2) is 4.98 Å². The van der Waals surface area contributed by atoms with E-state index in [1.54, 1.807) is 18.3 Å². The lowest BCUT2D eigenvalue weighted by atomic mass is 10.0. The maximum atomic E-state index is 11.6. The second-order valence-corrected chi connectivity index (χ2v) is 5.89. The first-order valence-electron chi connectivity index (χ1n) is 7.46. The Hall–Kier alpha value is -3.23. The van der Waals surface area contributed by atoms with Crippen LogP contribution in [0.4, 0.5) is 0 Å². The van der Waals surface area contributed by atoms with Crippen molar-refractivity contribution >= 4 is 17.5 Å². The number of benzene rings is 1. The third-order valence-electron chi connectivity index (χ3n) is 3.65. The van der Waals surface area contributed by atoms with Gasteiger partial charge in [0.1, 0.15) is 11.8 Å². The van der Waals surface area contributed by atoms with Gasteiger partial charge in [-0.05, 0) is 41.8 Å². The standard InChI is InChI=1S/C19H13ClN4O/c20-15-3-1-2-12(7-15)6-13-4-5-17(23-10-13)16-8-14(9-21)11-24-18(16)19(22)25/h1-5,7-8,10-11H,6H2,(H2,22,25). The highest BCUT2D eigenvalue weighted by Gasteiger charge is 2.14. The Morgan fingerprint density at radius 2 is 1.96 bits per heavy atom. The minimum absolute atomic E-state index is 0.0918. The predicted molar refractivity (Wildman–Crippen MR) is 95.0 cm³/mol. The van der Waals surface area contributed by atoms with E-state index in [-0.39, 0.29) is 5.69 Å². The van der Waals surface area contributed by atoms with E-state index in [9.17, 15) is 4.79 Å². The van der Waals surface area contributed by atoms with E-state index in [1.165, 1.54) is 6.20 Å². The molecule has 3 aromatic rings. The summed E-state index contributed by atoms with van der Waals surface area (Å²) >= 11 is 6.00. The van der Waals surface area contributed by atoms with Crippen LogP contribution in [-0.4, -0.2) is 15.9 Å². The van der Waals surface area contributed by atoms with Gasteiger partial charge in [0.25, 0.3) is 5.91 Å². The molecule has 6 heteroatoms. The van der Waals surface area contributed by atoms with Gasteiger partial charge in [0.05, 0.1) is 11.3 Å². The number of amides is 1. The number of nitrogens with zero attached hydrogens (tertiary/aromatic N) is 3. The number of nitriles is 1. The Kier molecular flexibility index (Phi) is 4.73. The fourth-order valence-electron chi connectivity index (χ4n) is 2.49. The van der Waals surface area contributed by atoms with Crippen molar-refractivity contribution in [2.45, 2.75) is 6.42 Å². The number of halogens is 1. The van der Waals surface area contributed by atoms with E-state index < -0.39 is 5.91 Å². The van der Waals surface area contributed by atoms with Gasteiger partial charge in [0.2, 0.25) is 0 Å². The molecule has 0 fully saturated rings. The fourth-order valence-corrected chi connectivity index (χ4v) is 2.70. The fraction of sp³-hybridized carbons (Fsp3) is 0.0526. The summed E-state index contributed by atoms with van der Waals surface area (Å²) in [6, 6.07) is 14.9. The van der Waals surface area contributed by atoms with Crippen LogP contribution in [0, 0.1) is 11.3 Å². The first-order valence-corrected chi connectivity index (χ1v) is 7.84. The lowest BCUT2D eigenvalue weighted by Gasteiger charge is -2.07. The second kappa shape index (κ2) is 7.12. The molecule has 5 nitrogen and oxygen atoms in total. The number of nitrogens with two attached hydrogens (primary N) is 1. The molecule has 1 aromatic carbocycles. The summed E-state index contributed by atoms with van der Waals surface area (Å²) in [5.41, 5.74) is 8.85. The van der Waals surface area contributed by atoms with E-state index in [0.29, 0.717) is 28.3 Å². The van der Waals surface area contributed by atoms with E-state index in [2.05, 4.69) is 9.97 Å². The molecule has 0 saturated heterocycles. The van der Waals surface area contributed by atoms with Crippen LogP contribution >= 0.6 is 11.6 Å². The van der Waals surface area contributed by atoms with Crippen molar-refractivity contribution in [3.63, 3.8) is 0 Å². The molecule has 2 aromatic heterocycles. The number of aromatic nitrogens is 2. The summed E-state index contributed by atoms with van der Waals surface area (Å²) in [6.45, 7) is 0. The normalized spacial score (nSPS) is 10.2. The molecule has 0 aliphatic heterocycles. The minimum atomic E-state index is -0.663. The first-order chi connectivity index (χ1) is 12.1. The Bertz CT molecular complexity index is 977. The number of carbonyl (C=O) groups excluding carboxylic acids is 1. The maximum absolute atomic E-state index is 11.6. The van der Waals surface area contributed by atoms with E-state index in [0.717, 1.165) is 11.1 Å². The van der Waals surface area contributed by atoms with Crippen molar-refractivity contribution in [3.8, 4) is 17.3 Å². The number of pyridine rings is 2. The monoisotopic (exact) mass is 348 g/mol. The first kappa shape index (κ1) is 16.6. The third kappa shape index (κ3) is 3.82. The SMILES string of the molecule is N#Cc1cnc(C(N)=O)c(-c2ccc(Cc3cccc(Cl)c3)cn2)c1. The zero-order chi connectivity index (χ0) is 17.8. The predicted octanol–water partition coefficient (Wildman–Crippen LogP) is 3.36. The largest absolute Gasteiger partial charge is 0.364 e. The summed E-state index contributed by atoms with van der Waals surface area (Å²) in [5.74, 6) is -0.663. The summed E-state index contributed by atoms with van der Waals surface area (Å²) in [7, 11) is 0. The molecule has 0 bridgehead atoms. The lowest BCUT2D eigenvalue weighted by Crippen LogP contribution is -2.15. The molecule has 0 aliphatic carbocycles. The van der Waals surface area contributed by atoms with Gasteiger partial charge in [-0.3, -0.25) is 9.78 Å². The van der Waals surface area contributed by atoms with Crippen LogP contribution in [0.25, 0.3) is 11.3 Å². The van der Waals surface area contributed by atoms with Crippen LogP contribution in [-0.2, 0) is 6.42 Å². The van der Waals surface area contributed by atoms with Crippen molar-refractivity contribution in [1.29, 1.82) is 5.26 Å². The lowest BCUT2D eigenvalue weighted by molar-refractivity contribution is 0.0996. The van der Waals surface area contributed by atoms with E-state index in [1.807, 2.05) is 36.4 Å². The van der Waals surface area contributed by atoms with Gasteiger partial charge in [0.15, 0.2) is 0 Å². The molecular weight excluding hydrogens is 336 g/mol. The zero-order valence-corrected chi connectivity index (χ0v) is 13.9. The summed E-state index contributed by atoms with van der Waals surface area (Å²) in [4.78, 5) is 19.9. The van der Waals surface area contributed by atoms with Gasteiger partial charge in [0, 0.05) is 23.0 Å². The Morgan fingerprint density at radius 1 is 1.12 bits per heavy atom. The van der Waals surface area contributed by atoms with Crippen LogP contribution in [0.3, 0.4) is 0 Å². The van der Waals surface area contributed by atoms with E-state index >= 15 is 0 Å². The van der Waals surface area contributed by atoms with Crippen LogP contribution < -0.4 is 5.73 Å². The smallest absolute Gasteiger partial charge is 0.268 e. The van der Waals surface area contributed by atoms with Crippen molar-refractivity contribution < 1.29 is 4.79 Å².